The van der Waals surface area contributed by atoms with Crippen LogP contribution in [-0.4, -0.2) is 78.9 Å². The molecule has 3 aliphatic rings. The van der Waals surface area contributed by atoms with Crippen molar-refractivity contribution in [3.05, 3.63) is 12.2 Å². The lowest BCUT2D eigenvalue weighted by Crippen LogP contribution is -2.47. The van der Waals surface area contributed by atoms with E-state index in [0.29, 0.717) is 51.0 Å². The van der Waals surface area contributed by atoms with Crippen LogP contribution in [0.1, 0.15) is 59.8 Å². The van der Waals surface area contributed by atoms with Crippen molar-refractivity contribution in [1.29, 1.82) is 0 Å². The molecule has 216 valence electrons. The van der Waals surface area contributed by atoms with E-state index in [4.69, 9.17) is 28.1 Å². The summed E-state index contributed by atoms with van der Waals surface area (Å²) >= 11 is 0. The predicted octanol–water partition coefficient (Wildman–Crippen LogP) is 5.38. The van der Waals surface area contributed by atoms with E-state index in [2.05, 4.69) is 52.9 Å². The van der Waals surface area contributed by atoms with Gasteiger partial charge in [0.2, 0.25) is 0 Å². The number of hydrogen-bond donors (Lipinski definition) is 1. The van der Waals surface area contributed by atoms with E-state index in [1.165, 1.54) is 0 Å². The number of fused-ring (bicyclic) bond motifs is 1. The third-order valence-electron chi connectivity index (χ3n) is 9.36. The largest absolute Gasteiger partial charge is 0.414 e. The molecule has 0 unspecified atom stereocenters. The summed E-state index contributed by atoms with van der Waals surface area (Å²) in [6, 6.07) is 0. The van der Waals surface area contributed by atoms with Gasteiger partial charge in [-0.1, -0.05) is 39.8 Å². The van der Waals surface area contributed by atoms with Crippen LogP contribution in [0.25, 0.3) is 0 Å². The summed E-state index contributed by atoms with van der Waals surface area (Å²) in [5.74, 6) is 1.54. The first-order valence-electron chi connectivity index (χ1n) is 14.5. The Kier molecular flexibility index (Phi) is 12.1. The van der Waals surface area contributed by atoms with Crippen LogP contribution in [0.5, 0.6) is 0 Å². The van der Waals surface area contributed by atoms with Crippen molar-refractivity contribution in [2.45, 2.75) is 96.4 Å². The lowest BCUT2D eigenvalue weighted by molar-refractivity contribution is -0.106. The average Bonchev–Trinajstić information content (AvgIpc) is 3.46. The Labute approximate surface area is 226 Å². The molecule has 0 aromatic rings. The third-order valence-corrected chi connectivity index (χ3v) is 13.9. The zero-order valence-corrected chi connectivity index (χ0v) is 25.4. The van der Waals surface area contributed by atoms with Crippen molar-refractivity contribution in [3.63, 3.8) is 0 Å². The molecule has 0 aromatic carbocycles. The molecule has 3 rings (SSSR count). The first kappa shape index (κ1) is 31.2. The third kappa shape index (κ3) is 8.58. The number of allylic oxidation sites excluding steroid dienone is 1. The minimum Gasteiger partial charge on any atom is -0.414 e. The smallest absolute Gasteiger partial charge is 0.192 e. The van der Waals surface area contributed by atoms with Crippen molar-refractivity contribution in [1.82, 2.24) is 0 Å². The van der Waals surface area contributed by atoms with Crippen LogP contribution in [0.4, 0.5) is 0 Å². The second-order valence-corrected chi connectivity index (χ2v) is 17.6. The van der Waals surface area contributed by atoms with E-state index in [1.54, 1.807) is 7.11 Å². The highest BCUT2D eigenvalue weighted by Crippen LogP contribution is 2.47. The Hall–Kier alpha value is -0.323. The van der Waals surface area contributed by atoms with E-state index in [0.717, 1.165) is 32.1 Å². The Bertz CT molecular complexity index is 688. The maximum Gasteiger partial charge on any atom is 0.192 e. The molecule has 1 saturated carbocycles. The molecule has 37 heavy (non-hydrogen) atoms. The van der Waals surface area contributed by atoms with Crippen LogP contribution < -0.4 is 0 Å². The van der Waals surface area contributed by atoms with Crippen LogP contribution >= 0.6 is 0 Å². The van der Waals surface area contributed by atoms with Gasteiger partial charge in [-0.3, -0.25) is 0 Å². The van der Waals surface area contributed by atoms with Gasteiger partial charge >= 0.3 is 0 Å². The van der Waals surface area contributed by atoms with Gasteiger partial charge in [-0.25, -0.2) is 0 Å². The summed E-state index contributed by atoms with van der Waals surface area (Å²) in [6.45, 7) is 16.9. The highest BCUT2D eigenvalue weighted by atomic mass is 28.4. The lowest BCUT2D eigenvalue weighted by Gasteiger charge is -2.42. The molecular formula is C29H54O7Si. The normalized spacial score (nSPS) is 30.9. The molecule has 0 radical (unpaired) electrons. The SMILES string of the molecule is COCCOCO[C@H]1CC[C@@H]2[C@H]1C=C[C@@H]([C@H](CO)[C@@H](C)CCC1OCCO1)C[C@@H]2O[Si](C)(C)C(C)(C)C. The molecule has 2 fully saturated rings. The Balaban J connectivity index is 1.74. The molecule has 2 aliphatic carbocycles. The Morgan fingerprint density at radius 1 is 1.05 bits per heavy atom. The van der Waals surface area contributed by atoms with Gasteiger partial charge in [0.15, 0.2) is 14.6 Å². The molecule has 1 saturated heterocycles. The fraction of sp³-hybridized carbons (Fsp3) is 0.931. The molecule has 7 nitrogen and oxygen atoms in total. The summed E-state index contributed by atoms with van der Waals surface area (Å²) in [5, 5.41) is 10.7. The number of aliphatic hydroxyl groups is 1. The fourth-order valence-electron chi connectivity index (χ4n) is 5.97. The number of methoxy groups -OCH3 is 1. The molecule has 1 heterocycles. The summed E-state index contributed by atoms with van der Waals surface area (Å²) < 4.78 is 35.4. The van der Waals surface area contributed by atoms with E-state index in [-0.39, 0.29) is 42.0 Å². The highest BCUT2D eigenvalue weighted by molar-refractivity contribution is 6.74. The first-order chi connectivity index (χ1) is 17.6. The van der Waals surface area contributed by atoms with Gasteiger partial charge in [-0.05, 0) is 73.9 Å². The first-order valence-corrected chi connectivity index (χ1v) is 17.4. The van der Waals surface area contributed by atoms with Gasteiger partial charge in [0.05, 0.1) is 32.5 Å². The summed E-state index contributed by atoms with van der Waals surface area (Å²) in [6.07, 6.45) is 9.89. The lowest BCUT2D eigenvalue weighted by atomic mass is 9.77. The van der Waals surface area contributed by atoms with Crippen molar-refractivity contribution < 1.29 is 33.2 Å². The Morgan fingerprint density at radius 3 is 2.43 bits per heavy atom. The molecule has 1 N–H and O–H groups in total. The second kappa shape index (κ2) is 14.4. The molecule has 7 atom stereocenters. The van der Waals surface area contributed by atoms with Crippen LogP contribution in [0.2, 0.25) is 18.1 Å². The van der Waals surface area contributed by atoms with Crippen molar-refractivity contribution in [2.24, 2.45) is 29.6 Å². The summed E-state index contributed by atoms with van der Waals surface area (Å²) in [5.41, 5.74) is 0. The van der Waals surface area contributed by atoms with Crippen molar-refractivity contribution in [3.8, 4) is 0 Å². The minimum atomic E-state index is -1.97. The molecule has 8 heteroatoms. The molecule has 1 aliphatic heterocycles. The van der Waals surface area contributed by atoms with E-state index >= 15 is 0 Å². The van der Waals surface area contributed by atoms with Gasteiger partial charge < -0.3 is 33.2 Å². The van der Waals surface area contributed by atoms with Crippen LogP contribution in [0.15, 0.2) is 12.2 Å². The number of hydrogen-bond acceptors (Lipinski definition) is 7. The van der Waals surface area contributed by atoms with E-state index in [9.17, 15) is 5.11 Å². The second-order valence-electron chi connectivity index (χ2n) is 12.8. The predicted molar refractivity (Wildman–Crippen MR) is 148 cm³/mol. The summed E-state index contributed by atoms with van der Waals surface area (Å²) in [4.78, 5) is 0. The number of ether oxygens (including phenoxy) is 5. The maximum absolute atomic E-state index is 10.5. The summed E-state index contributed by atoms with van der Waals surface area (Å²) in [7, 11) is -0.296. The quantitative estimate of drug-likeness (QED) is 0.137. The van der Waals surface area contributed by atoms with Gasteiger partial charge in [-0.15, -0.1) is 0 Å². The maximum atomic E-state index is 10.5. The zero-order valence-electron chi connectivity index (χ0n) is 24.4. The average molecular weight is 543 g/mol. The highest BCUT2D eigenvalue weighted by Gasteiger charge is 2.47. The monoisotopic (exact) mass is 542 g/mol. The zero-order chi connectivity index (χ0) is 27.1. The van der Waals surface area contributed by atoms with E-state index < -0.39 is 8.32 Å². The molecule has 0 amide bonds. The van der Waals surface area contributed by atoms with Crippen LogP contribution in [-0.2, 0) is 28.1 Å². The van der Waals surface area contributed by atoms with Crippen molar-refractivity contribution in [2.75, 3.05) is 46.9 Å². The minimum absolute atomic E-state index is 0.0930. The van der Waals surface area contributed by atoms with Gasteiger partial charge in [-0.2, -0.15) is 0 Å². The van der Waals surface area contributed by atoms with Crippen LogP contribution in [0, 0.1) is 29.6 Å². The molecule has 0 bridgehead atoms. The standard InChI is InChI=1S/C29H54O7Si/c1-21(8-13-28-33-16-17-34-28)25(19-30)22-9-10-23-24(11-12-26(23)35-20-32-15-14-31-5)27(18-22)36-37(6,7)29(2,3)4/h9-10,21-28,30H,8,11-20H2,1-7H3/t21-,22+,23+,24+,25+,26-,27-/m0/s1. The van der Waals surface area contributed by atoms with E-state index in [1.807, 2.05) is 0 Å². The van der Waals surface area contributed by atoms with Crippen LogP contribution in [0.3, 0.4) is 0 Å². The molecule has 0 spiro atoms. The topological polar surface area (TPSA) is 75.6 Å². The fourth-order valence-corrected chi connectivity index (χ4v) is 7.36. The number of rotatable bonds is 14. The molecule has 0 aromatic heterocycles. The number of aliphatic hydroxyl groups excluding tert-OH is 1. The Morgan fingerprint density at radius 2 is 1.78 bits per heavy atom. The molecular weight excluding hydrogens is 488 g/mol. The van der Waals surface area contributed by atoms with Gasteiger partial charge in [0.25, 0.3) is 0 Å². The van der Waals surface area contributed by atoms with Gasteiger partial charge in [0, 0.05) is 25.7 Å². The van der Waals surface area contributed by atoms with Crippen molar-refractivity contribution >= 4 is 8.32 Å². The van der Waals surface area contributed by atoms with Gasteiger partial charge in [0.1, 0.15) is 6.79 Å².